The van der Waals surface area contributed by atoms with Crippen LogP contribution in [0, 0.1) is 0 Å². The Morgan fingerprint density at radius 2 is 0.738 bits per heavy atom. The van der Waals surface area contributed by atoms with Gasteiger partial charge in [-0.1, -0.05) is 90.0 Å². The van der Waals surface area contributed by atoms with Crippen molar-refractivity contribution < 1.29 is 47.5 Å². The van der Waals surface area contributed by atoms with Crippen LogP contribution in [-0.4, -0.2) is 25.2 Å². The SMILES string of the molecule is CC(C)(C)c1cc2cc(c1)COC(=O)c1ccc3cc4c(cc3c1)OCc1c(c3c5c(c1OCCCCCCCCCCCO3)COc1cc3ccc(cc3cc1OC5)C(=O)OC2)CO4. The fourth-order valence-electron chi connectivity index (χ4n) is 9.30. The first-order valence-corrected chi connectivity index (χ1v) is 23.2. The number of rotatable bonds is 0. The van der Waals surface area contributed by atoms with Gasteiger partial charge in [-0.3, -0.25) is 0 Å². The molecular weight excluding hydrogens is 821 g/mol. The molecule has 6 aromatic carbocycles. The zero-order valence-electron chi connectivity index (χ0n) is 37.6. The summed E-state index contributed by atoms with van der Waals surface area (Å²) < 4.78 is 52.3. The third-order valence-electron chi connectivity index (χ3n) is 13.0. The maximum absolute atomic E-state index is 13.7. The van der Waals surface area contributed by atoms with Gasteiger partial charge in [0.2, 0.25) is 0 Å². The van der Waals surface area contributed by atoms with Gasteiger partial charge in [0.15, 0.2) is 23.0 Å². The first-order chi connectivity index (χ1) is 31.6. The Morgan fingerprint density at radius 3 is 1.12 bits per heavy atom. The summed E-state index contributed by atoms with van der Waals surface area (Å²) in [5.74, 6) is 2.80. The Balaban J connectivity index is 1.09. The smallest absolute Gasteiger partial charge is 0.338 e. The van der Waals surface area contributed by atoms with Crippen molar-refractivity contribution in [3.63, 3.8) is 0 Å². The van der Waals surface area contributed by atoms with Gasteiger partial charge in [0, 0.05) is 22.3 Å². The van der Waals surface area contributed by atoms with E-state index in [0.29, 0.717) is 58.8 Å². The monoisotopic (exact) mass is 876 g/mol. The largest absolute Gasteiger partial charge is 0.493 e. The molecule has 0 unspecified atom stereocenters. The predicted molar refractivity (Wildman–Crippen MR) is 248 cm³/mol. The molecule has 0 amide bonds. The Bertz CT molecular complexity index is 2620. The van der Waals surface area contributed by atoms with Crippen LogP contribution in [-0.2, 0) is 54.5 Å². The third-order valence-corrected chi connectivity index (χ3v) is 13.0. The summed E-state index contributed by atoms with van der Waals surface area (Å²) in [4.78, 5) is 27.4. The fraction of sp³-hybridized carbons (Fsp3) is 0.382. The molecule has 0 atom stereocenters. The first-order valence-electron chi connectivity index (χ1n) is 23.2. The molecule has 18 bridgehead atoms. The number of hydrogen-bond acceptors (Lipinski definition) is 10. The van der Waals surface area contributed by atoms with Gasteiger partial charge < -0.3 is 37.9 Å². The van der Waals surface area contributed by atoms with Crippen LogP contribution < -0.4 is 28.4 Å². The molecule has 9 heterocycles. The number of ether oxygens (including phenoxy) is 8. The number of hydrogen-bond donors (Lipinski definition) is 0. The van der Waals surface area contributed by atoms with Gasteiger partial charge in [-0.05, 0) is 111 Å². The summed E-state index contributed by atoms with van der Waals surface area (Å²) in [5.41, 5.74) is 6.67. The van der Waals surface area contributed by atoms with E-state index in [9.17, 15) is 9.59 Å². The first kappa shape index (κ1) is 42.5. The van der Waals surface area contributed by atoms with E-state index in [-0.39, 0.29) is 45.1 Å². The number of fused-ring (bicyclic) bond motifs is 2. The molecule has 0 aromatic heterocycles. The van der Waals surface area contributed by atoms with Gasteiger partial charge in [0.25, 0.3) is 0 Å². The highest BCUT2D eigenvalue weighted by atomic mass is 16.5. The molecule has 0 N–H and O–H groups in total. The minimum Gasteiger partial charge on any atom is -0.493 e. The molecule has 0 spiro atoms. The summed E-state index contributed by atoms with van der Waals surface area (Å²) in [7, 11) is 0. The van der Waals surface area contributed by atoms with E-state index in [1.165, 1.54) is 32.1 Å². The lowest BCUT2D eigenvalue weighted by Crippen LogP contribution is -2.20. The highest BCUT2D eigenvalue weighted by Crippen LogP contribution is 2.47. The summed E-state index contributed by atoms with van der Waals surface area (Å²) in [6, 6.07) is 24.8. The van der Waals surface area contributed by atoms with Crippen LogP contribution in [0.2, 0.25) is 0 Å². The summed E-state index contributed by atoms with van der Waals surface area (Å²) in [6.07, 6.45) is 10.1. The van der Waals surface area contributed by atoms with Gasteiger partial charge in [-0.2, -0.15) is 0 Å². The molecule has 10 nitrogen and oxygen atoms in total. The number of esters is 2. The molecule has 6 aromatic rings. The van der Waals surface area contributed by atoms with Crippen LogP contribution in [0.15, 0.2) is 78.9 Å². The normalized spacial score (nSPS) is 17.2. The van der Waals surface area contributed by atoms with Crippen LogP contribution in [0.3, 0.4) is 0 Å². The molecule has 336 valence electrons. The fourth-order valence-corrected chi connectivity index (χ4v) is 9.30. The van der Waals surface area contributed by atoms with E-state index in [4.69, 9.17) is 37.9 Å². The van der Waals surface area contributed by atoms with Gasteiger partial charge >= 0.3 is 11.9 Å². The van der Waals surface area contributed by atoms with Crippen LogP contribution in [0.1, 0.15) is 138 Å². The zero-order valence-corrected chi connectivity index (χ0v) is 37.6. The van der Waals surface area contributed by atoms with Crippen molar-refractivity contribution in [1.82, 2.24) is 0 Å². The zero-order chi connectivity index (χ0) is 44.5. The molecule has 0 saturated carbocycles. The van der Waals surface area contributed by atoms with E-state index in [1.807, 2.05) is 66.7 Å². The average molecular weight is 877 g/mol. The van der Waals surface area contributed by atoms with Crippen molar-refractivity contribution in [2.45, 2.75) is 124 Å². The molecule has 65 heavy (non-hydrogen) atoms. The lowest BCUT2D eigenvalue weighted by Gasteiger charge is -2.30. The standard InChI is InChI=1S/C55H56O10/c1-55(2,3)42-20-34-19-35(21-42)29-65-54(57)39-15-13-36-24-47-50(27-41(36)23-39)63-33-46-43(30-60-47)51-45-32-62-49-26-40-22-38(53(56)64-28-34)16-14-37(40)25-48(49)61-31-44(45)52(46)59-18-12-10-8-6-4-5-7-9-11-17-58-51/h13-16,19-27H,4-12,17-18,28-33H2,1-3H3. The molecule has 15 rings (SSSR count). The van der Waals surface area contributed by atoms with Crippen molar-refractivity contribution in [3.05, 3.63) is 129 Å². The molecule has 0 radical (unpaired) electrons. The summed E-state index contributed by atoms with van der Waals surface area (Å²) in [5, 5.41) is 3.39. The Hall–Kier alpha value is -6.42. The minimum atomic E-state index is -0.453. The molecule has 0 aliphatic carbocycles. The van der Waals surface area contributed by atoms with Crippen molar-refractivity contribution >= 4 is 33.5 Å². The molecule has 0 fully saturated rings. The third kappa shape index (κ3) is 9.13. The highest BCUT2D eigenvalue weighted by molar-refractivity contribution is 5.97. The van der Waals surface area contributed by atoms with Crippen molar-refractivity contribution in [2.75, 3.05) is 13.2 Å². The van der Waals surface area contributed by atoms with Gasteiger partial charge in [-0.25, -0.2) is 9.59 Å². The van der Waals surface area contributed by atoms with Crippen LogP contribution in [0.25, 0.3) is 21.5 Å². The second-order valence-corrected chi connectivity index (χ2v) is 18.8. The Morgan fingerprint density at radius 1 is 0.369 bits per heavy atom. The second-order valence-electron chi connectivity index (χ2n) is 18.8. The molecule has 9 aliphatic heterocycles. The number of benzene rings is 6. The van der Waals surface area contributed by atoms with Crippen molar-refractivity contribution in [2.24, 2.45) is 0 Å². The predicted octanol–water partition coefficient (Wildman–Crippen LogP) is 12.5. The molecule has 9 aliphatic rings. The second kappa shape index (κ2) is 18.2. The van der Waals surface area contributed by atoms with Crippen molar-refractivity contribution in [3.8, 4) is 34.5 Å². The van der Waals surface area contributed by atoms with E-state index in [2.05, 4.69) is 20.8 Å². The van der Waals surface area contributed by atoms with E-state index in [1.54, 1.807) is 12.1 Å². The summed E-state index contributed by atoms with van der Waals surface area (Å²) >= 11 is 0. The van der Waals surface area contributed by atoms with Crippen molar-refractivity contribution in [1.29, 1.82) is 0 Å². The number of carbonyl (C=O) groups is 2. The van der Waals surface area contributed by atoms with Gasteiger partial charge in [-0.15, -0.1) is 0 Å². The maximum atomic E-state index is 13.7. The number of carbonyl (C=O) groups excluding carboxylic acids is 2. The van der Waals surface area contributed by atoms with E-state index in [0.717, 1.165) is 86.2 Å². The lowest BCUT2D eigenvalue weighted by molar-refractivity contribution is 0.0471. The topological polar surface area (TPSA) is 108 Å². The quantitative estimate of drug-likeness (QED) is 0.137. The highest BCUT2D eigenvalue weighted by Gasteiger charge is 2.31. The molecule has 0 saturated heterocycles. The van der Waals surface area contributed by atoms with Crippen LogP contribution in [0.4, 0.5) is 0 Å². The minimum absolute atomic E-state index is 0.0445. The molecule has 10 heteroatoms. The maximum Gasteiger partial charge on any atom is 0.338 e. The summed E-state index contributed by atoms with van der Waals surface area (Å²) in [6.45, 7) is 8.33. The average Bonchev–Trinajstić information content (AvgIpc) is 3.29. The van der Waals surface area contributed by atoms with Crippen LogP contribution in [0.5, 0.6) is 34.5 Å². The van der Waals surface area contributed by atoms with Crippen LogP contribution >= 0.6 is 0 Å². The van der Waals surface area contributed by atoms with E-state index < -0.39 is 11.9 Å². The van der Waals surface area contributed by atoms with Gasteiger partial charge in [0.1, 0.15) is 51.1 Å². The Labute approximate surface area is 380 Å². The van der Waals surface area contributed by atoms with Gasteiger partial charge in [0.05, 0.1) is 24.3 Å². The molecular formula is C55H56O10. The Kier molecular flexibility index (Phi) is 11.9. The van der Waals surface area contributed by atoms with E-state index >= 15 is 0 Å². The lowest BCUT2D eigenvalue weighted by atomic mass is 9.85.